The number of nitrogens with one attached hydrogen (secondary N) is 1. The predicted molar refractivity (Wildman–Crippen MR) is 122 cm³/mol. The van der Waals surface area contributed by atoms with E-state index in [1.54, 1.807) is 11.8 Å². The number of carbonyl (C=O) groups excluding carboxylic acids is 1. The van der Waals surface area contributed by atoms with Crippen molar-refractivity contribution in [1.29, 1.82) is 5.26 Å². The smallest absolute Gasteiger partial charge is 0.220 e. The van der Waals surface area contributed by atoms with E-state index in [9.17, 15) is 4.79 Å². The van der Waals surface area contributed by atoms with Crippen molar-refractivity contribution in [2.45, 2.75) is 75.6 Å². The fourth-order valence-corrected chi connectivity index (χ4v) is 4.64. The first-order chi connectivity index (χ1) is 13.8. The molecule has 156 valence electrons. The minimum Gasteiger partial charge on any atom is -0.398 e. The summed E-state index contributed by atoms with van der Waals surface area (Å²) < 4.78 is 0. The summed E-state index contributed by atoms with van der Waals surface area (Å²) in [7, 11) is 0. The van der Waals surface area contributed by atoms with Gasteiger partial charge in [-0.05, 0) is 53.7 Å². The van der Waals surface area contributed by atoms with Gasteiger partial charge >= 0.3 is 0 Å². The Balaban J connectivity index is 1.88. The van der Waals surface area contributed by atoms with Gasteiger partial charge in [-0.1, -0.05) is 57.7 Å². The molecule has 1 fully saturated rings. The van der Waals surface area contributed by atoms with Crippen molar-refractivity contribution >= 4 is 23.4 Å². The quantitative estimate of drug-likeness (QED) is 0.284. The molecule has 0 aliphatic heterocycles. The molecule has 1 aromatic carbocycles. The van der Waals surface area contributed by atoms with E-state index >= 15 is 0 Å². The highest BCUT2D eigenvalue weighted by Gasteiger charge is 2.26. The molecule has 0 aromatic heterocycles. The first kappa shape index (κ1) is 23.1. The Labute approximate surface area is 179 Å². The molecule has 5 heteroatoms. The van der Waals surface area contributed by atoms with Crippen LogP contribution in [-0.4, -0.2) is 11.9 Å². The minimum absolute atomic E-state index is 0.0106. The SMILES string of the molecule is C=C(C#N)CC(NC(=O)CCC(=C)Sc1cc(C(C)C)ccc1N)C1CCCC1. The average molecular weight is 412 g/mol. The third-order valence-electron chi connectivity index (χ3n) is 5.53. The van der Waals surface area contributed by atoms with Crippen molar-refractivity contribution in [3.63, 3.8) is 0 Å². The highest BCUT2D eigenvalue weighted by atomic mass is 32.2. The molecule has 0 bridgehead atoms. The number of nitrogens with two attached hydrogens (primary N) is 1. The zero-order valence-corrected chi connectivity index (χ0v) is 18.5. The molecule has 1 aliphatic rings. The van der Waals surface area contributed by atoms with Crippen molar-refractivity contribution in [1.82, 2.24) is 5.32 Å². The monoisotopic (exact) mass is 411 g/mol. The maximum Gasteiger partial charge on any atom is 0.220 e. The molecule has 29 heavy (non-hydrogen) atoms. The molecule has 1 aliphatic carbocycles. The molecule has 1 amide bonds. The molecule has 0 heterocycles. The van der Waals surface area contributed by atoms with Crippen LogP contribution in [-0.2, 0) is 4.79 Å². The lowest BCUT2D eigenvalue weighted by Crippen LogP contribution is -2.39. The first-order valence-electron chi connectivity index (χ1n) is 10.4. The van der Waals surface area contributed by atoms with Crippen LogP contribution >= 0.6 is 11.8 Å². The Kier molecular flexibility index (Phi) is 8.85. The van der Waals surface area contributed by atoms with Gasteiger partial charge in [-0.25, -0.2) is 0 Å². The molecule has 0 spiro atoms. The van der Waals surface area contributed by atoms with Crippen LogP contribution in [0, 0.1) is 17.2 Å². The van der Waals surface area contributed by atoms with Gasteiger partial charge in [-0.2, -0.15) is 5.26 Å². The van der Waals surface area contributed by atoms with Gasteiger partial charge in [0.25, 0.3) is 0 Å². The van der Waals surface area contributed by atoms with E-state index in [-0.39, 0.29) is 11.9 Å². The number of thioether (sulfide) groups is 1. The van der Waals surface area contributed by atoms with Gasteiger partial charge in [-0.3, -0.25) is 4.79 Å². The molecule has 1 saturated carbocycles. The summed E-state index contributed by atoms with van der Waals surface area (Å²) in [4.78, 5) is 14.5. The summed E-state index contributed by atoms with van der Waals surface area (Å²) >= 11 is 1.55. The van der Waals surface area contributed by atoms with Gasteiger partial charge < -0.3 is 11.1 Å². The highest BCUT2D eigenvalue weighted by molar-refractivity contribution is 8.03. The fraction of sp³-hybridized carbons (Fsp3) is 0.500. The number of nitrogen functional groups attached to an aromatic ring is 1. The molecule has 4 nitrogen and oxygen atoms in total. The predicted octanol–water partition coefficient (Wildman–Crippen LogP) is 5.92. The molecular weight excluding hydrogens is 378 g/mol. The summed E-state index contributed by atoms with van der Waals surface area (Å²) in [6.07, 6.45) is 6.13. The Morgan fingerprint density at radius 3 is 2.62 bits per heavy atom. The second-order valence-electron chi connectivity index (χ2n) is 8.23. The number of nitrogens with zero attached hydrogens (tertiary/aromatic N) is 1. The topological polar surface area (TPSA) is 78.9 Å². The molecule has 1 atom stereocenters. The molecule has 2 rings (SSSR count). The number of anilines is 1. The Morgan fingerprint density at radius 2 is 2.00 bits per heavy atom. The standard InChI is InChI=1S/C24H33N3OS/c1-16(2)20-10-11-21(26)23(14-20)29-18(4)9-12-24(28)27-22(13-17(3)15-25)19-7-5-6-8-19/h10-11,14,16,19,22H,3-9,12-13,26H2,1-2H3,(H,27,28). The second kappa shape index (κ2) is 11.1. The van der Waals surface area contributed by atoms with Crippen LogP contribution < -0.4 is 11.1 Å². The van der Waals surface area contributed by atoms with E-state index in [4.69, 9.17) is 11.0 Å². The Hall–Kier alpha value is -2.19. The number of amides is 1. The van der Waals surface area contributed by atoms with Crippen LogP contribution in [0.3, 0.4) is 0 Å². The summed E-state index contributed by atoms with van der Waals surface area (Å²) in [5.74, 6) is 0.892. The first-order valence-corrected chi connectivity index (χ1v) is 11.2. The fourth-order valence-electron chi connectivity index (χ4n) is 3.74. The lowest BCUT2D eigenvalue weighted by atomic mass is 9.92. The number of carbonyl (C=O) groups is 1. The summed E-state index contributed by atoms with van der Waals surface area (Å²) in [6.45, 7) is 12.2. The number of nitriles is 1. The van der Waals surface area contributed by atoms with Gasteiger partial charge in [0.1, 0.15) is 0 Å². The van der Waals surface area contributed by atoms with Gasteiger partial charge in [-0.15, -0.1) is 0 Å². The van der Waals surface area contributed by atoms with Gasteiger partial charge in [0, 0.05) is 35.0 Å². The Morgan fingerprint density at radius 1 is 1.31 bits per heavy atom. The maximum absolute atomic E-state index is 12.5. The largest absolute Gasteiger partial charge is 0.398 e. The maximum atomic E-state index is 12.5. The van der Waals surface area contributed by atoms with E-state index in [0.717, 1.165) is 28.3 Å². The van der Waals surface area contributed by atoms with Crippen LogP contribution in [0.25, 0.3) is 0 Å². The number of hydrogen-bond donors (Lipinski definition) is 2. The van der Waals surface area contributed by atoms with Gasteiger partial charge in [0.15, 0.2) is 0 Å². The normalized spacial score (nSPS) is 15.1. The summed E-state index contributed by atoms with van der Waals surface area (Å²) in [5.41, 5.74) is 8.62. The number of rotatable bonds is 10. The van der Waals surface area contributed by atoms with E-state index in [0.29, 0.717) is 36.7 Å². The molecule has 1 aromatic rings. The molecule has 1 unspecified atom stereocenters. The number of benzene rings is 1. The van der Waals surface area contributed by atoms with Gasteiger partial charge in [0.05, 0.1) is 6.07 Å². The Bertz CT molecular complexity index is 788. The van der Waals surface area contributed by atoms with Crippen molar-refractivity contribution in [2.75, 3.05) is 5.73 Å². The highest BCUT2D eigenvalue weighted by Crippen LogP contribution is 2.35. The third-order valence-corrected chi connectivity index (χ3v) is 6.60. The molecule has 3 N–H and O–H groups in total. The summed E-state index contributed by atoms with van der Waals surface area (Å²) in [6, 6.07) is 8.22. The van der Waals surface area contributed by atoms with E-state index in [1.165, 1.54) is 18.4 Å². The molecule has 0 radical (unpaired) electrons. The van der Waals surface area contributed by atoms with Crippen LogP contribution in [0.1, 0.15) is 70.3 Å². The van der Waals surface area contributed by atoms with Crippen molar-refractivity contribution < 1.29 is 4.79 Å². The van der Waals surface area contributed by atoms with Crippen LogP contribution in [0.4, 0.5) is 5.69 Å². The van der Waals surface area contributed by atoms with E-state index < -0.39 is 0 Å². The number of hydrogen-bond acceptors (Lipinski definition) is 4. The van der Waals surface area contributed by atoms with E-state index in [1.807, 2.05) is 6.07 Å². The summed E-state index contributed by atoms with van der Waals surface area (Å²) in [5, 5.41) is 12.2. The van der Waals surface area contributed by atoms with Crippen molar-refractivity contribution in [2.24, 2.45) is 5.92 Å². The lowest BCUT2D eigenvalue weighted by molar-refractivity contribution is -0.122. The van der Waals surface area contributed by atoms with Gasteiger partial charge in [0.2, 0.25) is 5.91 Å². The van der Waals surface area contributed by atoms with E-state index in [2.05, 4.69) is 50.5 Å². The zero-order valence-electron chi connectivity index (χ0n) is 17.7. The van der Waals surface area contributed by atoms with Crippen LogP contribution in [0.5, 0.6) is 0 Å². The molecule has 0 saturated heterocycles. The second-order valence-corrected chi connectivity index (χ2v) is 9.45. The van der Waals surface area contributed by atoms with Crippen molar-refractivity contribution in [3.8, 4) is 6.07 Å². The average Bonchev–Trinajstić information content (AvgIpc) is 3.22. The van der Waals surface area contributed by atoms with Crippen molar-refractivity contribution in [3.05, 3.63) is 47.4 Å². The lowest BCUT2D eigenvalue weighted by Gasteiger charge is -2.24. The third kappa shape index (κ3) is 7.29. The zero-order chi connectivity index (χ0) is 21.4. The number of allylic oxidation sites excluding steroid dienone is 1. The van der Waals surface area contributed by atoms with Crippen LogP contribution in [0.2, 0.25) is 0 Å². The van der Waals surface area contributed by atoms with Crippen LogP contribution in [0.15, 0.2) is 46.7 Å². The molecular formula is C24H33N3OS. The minimum atomic E-state index is 0.0106.